The number of rotatable bonds is 13. The van der Waals surface area contributed by atoms with Gasteiger partial charge in [0, 0.05) is 0 Å². The number of ether oxygens (including phenoxy) is 1. The number of hydrogen-bond donors (Lipinski definition) is 0. The average Bonchev–Trinajstić information content (AvgIpc) is 3.35. The highest BCUT2D eigenvalue weighted by Crippen LogP contribution is 2.43. The Kier molecular flexibility index (Phi) is 8.38. The fourth-order valence-electron chi connectivity index (χ4n) is 3.92. The Morgan fingerprint density at radius 3 is 2.37 bits per heavy atom. The van der Waals surface area contributed by atoms with E-state index in [1.54, 1.807) is 5.56 Å². The zero-order chi connectivity index (χ0) is 19.8. The van der Waals surface area contributed by atoms with Crippen molar-refractivity contribution in [2.45, 2.75) is 110 Å². The highest BCUT2D eigenvalue weighted by atomic mass is 16.5. The van der Waals surface area contributed by atoms with Gasteiger partial charge in [-0.1, -0.05) is 58.2 Å². The fourth-order valence-corrected chi connectivity index (χ4v) is 3.92. The normalized spacial score (nSPS) is 15.6. The van der Waals surface area contributed by atoms with Gasteiger partial charge in [-0.25, -0.2) is 0 Å². The Balaban J connectivity index is 1.65. The van der Waals surface area contributed by atoms with Crippen molar-refractivity contribution in [3.05, 3.63) is 34.9 Å². The molecule has 2 rings (SSSR count). The summed E-state index contributed by atoms with van der Waals surface area (Å²) in [4.78, 5) is 10.5. The third-order valence-electron chi connectivity index (χ3n) is 5.99. The molecule has 1 fully saturated rings. The number of carbonyl (C=O) groups is 1. The lowest BCUT2D eigenvalue weighted by molar-refractivity contribution is -0.135. The molecule has 0 aromatic heterocycles. The molecule has 1 aromatic rings. The number of benzene rings is 1. The van der Waals surface area contributed by atoms with Crippen molar-refractivity contribution in [3.63, 3.8) is 0 Å². The molecule has 0 radical (unpaired) electrons. The predicted octanol–water partition coefficient (Wildman–Crippen LogP) is 6.95. The summed E-state index contributed by atoms with van der Waals surface area (Å²) in [6, 6.07) is 7.05. The van der Waals surface area contributed by atoms with Gasteiger partial charge in [0.2, 0.25) is 0 Å². The molecule has 0 heterocycles. The molecule has 2 heteroatoms. The van der Waals surface area contributed by atoms with Gasteiger partial charge in [0.15, 0.2) is 0 Å². The molecule has 0 N–H and O–H groups in total. The summed E-state index contributed by atoms with van der Waals surface area (Å²) in [5, 5.41) is 0. The maximum Gasteiger partial charge on any atom is 0.293 e. The van der Waals surface area contributed by atoms with Crippen LogP contribution in [0.1, 0.15) is 102 Å². The lowest BCUT2D eigenvalue weighted by atomic mass is 9.89. The predicted molar refractivity (Wildman–Crippen MR) is 114 cm³/mol. The van der Waals surface area contributed by atoms with E-state index in [1.165, 1.54) is 68.9 Å². The molecule has 1 aliphatic rings. The third kappa shape index (κ3) is 8.49. The Hall–Kier alpha value is -1.31. The maximum absolute atomic E-state index is 10.5. The summed E-state index contributed by atoms with van der Waals surface area (Å²) in [5.74, 6) is 0. The lowest BCUT2D eigenvalue weighted by Crippen LogP contribution is -2.12. The van der Waals surface area contributed by atoms with Crippen molar-refractivity contribution in [1.82, 2.24) is 0 Å². The van der Waals surface area contributed by atoms with E-state index in [0.29, 0.717) is 11.9 Å². The van der Waals surface area contributed by atoms with Crippen LogP contribution < -0.4 is 0 Å². The molecular weight excluding hydrogens is 332 g/mol. The van der Waals surface area contributed by atoms with E-state index in [9.17, 15) is 4.79 Å². The first-order chi connectivity index (χ1) is 12.8. The Labute approximate surface area is 167 Å². The second-order valence-corrected chi connectivity index (χ2v) is 9.84. The van der Waals surface area contributed by atoms with Gasteiger partial charge in [-0.15, -0.1) is 0 Å². The maximum atomic E-state index is 10.5. The number of hydrogen-bond acceptors (Lipinski definition) is 2. The molecule has 2 nitrogen and oxygen atoms in total. The first-order valence-electron chi connectivity index (χ1n) is 11.0. The largest absolute Gasteiger partial charge is 0.461 e. The van der Waals surface area contributed by atoms with Crippen LogP contribution in [-0.4, -0.2) is 12.1 Å². The summed E-state index contributed by atoms with van der Waals surface area (Å²) in [5.41, 5.74) is 4.85. The molecular formula is C25H40O2. The number of aryl methyl sites for hydroxylation is 3. The van der Waals surface area contributed by atoms with E-state index in [0.717, 1.165) is 19.3 Å². The molecule has 0 spiro atoms. The number of carbonyl (C=O) groups excluding carboxylic acids is 1. The Morgan fingerprint density at radius 1 is 1.00 bits per heavy atom. The van der Waals surface area contributed by atoms with E-state index < -0.39 is 0 Å². The Bertz CT molecular complexity index is 578. The first-order valence-corrected chi connectivity index (χ1v) is 11.0. The molecule has 0 saturated heterocycles. The minimum Gasteiger partial charge on any atom is -0.461 e. The fraction of sp³-hybridized carbons (Fsp3) is 0.720. The van der Waals surface area contributed by atoms with Gasteiger partial charge in [0.1, 0.15) is 5.60 Å². The zero-order valence-electron chi connectivity index (χ0n) is 18.1. The first kappa shape index (κ1) is 22.0. The van der Waals surface area contributed by atoms with Gasteiger partial charge in [-0.3, -0.25) is 4.79 Å². The van der Waals surface area contributed by atoms with Crippen LogP contribution in [0.5, 0.6) is 0 Å². The smallest absolute Gasteiger partial charge is 0.293 e. The molecule has 27 heavy (non-hydrogen) atoms. The summed E-state index contributed by atoms with van der Waals surface area (Å²) in [6.07, 6.45) is 14.5. The molecule has 1 aliphatic carbocycles. The van der Waals surface area contributed by atoms with Crippen LogP contribution in [0.25, 0.3) is 0 Å². The van der Waals surface area contributed by atoms with Crippen LogP contribution in [0.4, 0.5) is 0 Å². The number of unbranched alkanes of at least 4 members (excludes halogenated alkanes) is 4. The zero-order valence-corrected chi connectivity index (χ0v) is 18.1. The second kappa shape index (κ2) is 10.3. The van der Waals surface area contributed by atoms with Crippen LogP contribution in [0.15, 0.2) is 18.2 Å². The minimum absolute atomic E-state index is 0.0776. The van der Waals surface area contributed by atoms with Crippen LogP contribution >= 0.6 is 0 Å². The van der Waals surface area contributed by atoms with Crippen LogP contribution in [0.3, 0.4) is 0 Å². The monoisotopic (exact) mass is 372 g/mol. The topological polar surface area (TPSA) is 26.3 Å². The van der Waals surface area contributed by atoms with E-state index in [4.69, 9.17) is 4.74 Å². The molecule has 1 aromatic carbocycles. The van der Waals surface area contributed by atoms with Crippen LogP contribution in [0.2, 0.25) is 0 Å². The highest BCUT2D eigenvalue weighted by molar-refractivity contribution is 5.39. The third-order valence-corrected chi connectivity index (χ3v) is 5.99. The molecule has 0 amide bonds. The van der Waals surface area contributed by atoms with E-state index in [1.807, 2.05) is 0 Å². The molecule has 0 unspecified atom stereocenters. The molecule has 0 atom stereocenters. The quantitative estimate of drug-likeness (QED) is 0.276. The van der Waals surface area contributed by atoms with Crippen molar-refractivity contribution in [2.24, 2.45) is 5.41 Å². The van der Waals surface area contributed by atoms with Gasteiger partial charge in [0.25, 0.3) is 6.47 Å². The minimum atomic E-state index is -0.0776. The average molecular weight is 373 g/mol. The van der Waals surface area contributed by atoms with Gasteiger partial charge >= 0.3 is 0 Å². The van der Waals surface area contributed by atoms with Crippen molar-refractivity contribution in [3.8, 4) is 0 Å². The molecule has 0 aliphatic heterocycles. The van der Waals surface area contributed by atoms with Crippen molar-refractivity contribution in [1.29, 1.82) is 0 Å². The van der Waals surface area contributed by atoms with Crippen molar-refractivity contribution in [2.75, 3.05) is 0 Å². The molecule has 152 valence electrons. The van der Waals surface area contributed by atoms with Gasteiger partial charge in [0.05, 0.1) is 0 Å². The summed E-state index contributed by atoms with van der Waals surface area (Å²) >= 11 is 0. The van der Waals surface area contributed by atoms with E-state index in [2.05, 4.69) is 45.9 Å². The standard InChI is InChI=1S/C25H40O2/c1-21-13-14-22(11-7-5-10-16-25(17-18-25)27-20-26)19-23(21)12-8-6-9-15-24(2,3)4/h13-14,19-20H,5-12,15-18H2,1-4H3. The van der Waals surface area contributed by atoms with E-state index in [-0.39, 0.29) is 5.60 Å². The van der Waals surface area contributed by atoms with Crippen LogP contribution in [-0.2, 0) is 22.4 Å². The highest BCUT2D eigenvalue weighted by Gasteiger charge is 2.44. The summed E-state index contributed by atoms with van der Waals surface area (Å²) in [7, 11) is 0. The van der Waals surface area contributed by atoms with Gasteiger partial charge < -0.3 is 4.74 Å². The lowest BCUT2D eigenvalue weighted by Gasteiger charge is -2.17. The van der Waals surface area contributed by atoms with Gasteiger partial charge in [-0.05, 0) is 86.8 Å². The second-order valence-electron chi connectivity index (χ2n) is 9.84. The molecule has 0 bridgehead atoms. The van der Waals surface area contributed by atoms with Crippen molar-refractivity contribution < 1.29 is 9.53 Å². The Morgan fingerprint density at radius 2 is 1.70 bits per heavy atom. The summed E-state index contributed by atoms with van der Waals surface area (Å²) in [6.45, 7) is 9.88. The molecule has 1 saturated carbocycles. The SMILES string of the molecule is Cc1ccc(CCCCCC2(OC=O)CC2)cc1CCCCCC(C)(C)C. The van der Waals surface area contributed by atoms with E-state index >= 15 is 0 Å². The van der Waals surface area contributed by atoms with Crippen molar-refractivity contribution >= 4 is 6.47 Å². The van der Waals surface area contributed by atoms with Gasteiger partial charge in [-0.2, -0.15) is 0 Å². The summed E-state index contributed by atoms with van der Waals surface area (Å²) < 4.78 is 5.23. The van der Waals surface area contributed by atoms with Crippen LogP contribution in [0, 0.1) is 12.3 Å².